The van der Waals surface area contributed by atoms with Gasteiger partial charge in [0, 0.05) is 0 Å². The standard InChI is InChI=1S/C11H16N.CH3.Lr/c1-9-5-6-10(7-8-12-9)11(2,3)4;;/h5-8H,1-4H3;1H3;/q2*-1;. The van der Waals surface area contributed by atoms with E-state index >= 15 is 0 Å². The Morgan fingerprint density at radius 2 is 1.86 bits per heavy atom. The molecule has 0 aliphatic carbocycles. The summed E-state index contributed by atoms with van der Waals surface area (Å²) in [5, 5.41) is 0. The van der Waals surface area contributed by atoms with Crippen molar-refractivity contribution in [3.05, 3.63) is 37.3 Å². The Morgan fingerprint density at radius 3 is 2.36 bits per heavy atom. The topological polar surface area (TPSA) is 12.4 Å². The molecule has 0 spiro atoms. The van der Waals surface area contributed by atoms with Crippen molar-refractivity contribution in [1.82, 2.24) is 0 Å². The minimum Gasteiger partial charge on any atom is -0.387 e. The number of aliphatic imine (C=N–C) groups is 1. The molecule has 89 valence electrons. The summed E-state index contributed by atoms with van der Waals surface area (Å²) in [4.78, 5) is 4.22. The zero-order chi connectivity index (χ0) is 9.19. The van der Waals surface area contributed by atoms with Gasteiger partial charge in [-0.25, -0.2) is 0 Å². The molecule has 1 aliphatic rings. The fraction of sp³-hybridized carbons (Fsp3) is 0.417. The van der Waals surface area contributed by atoms with Crippen molar-refractivity contribution in [1.29, 1.82) is 0 Å². The third-order valence-electron chi connectivity index (χ3n) is 1.90. The molecule has 14 heavy (non-hydrogen) atoms. The zero-order valence-corrected chi connectivity index (χ0v) is 11.7. The minimum absolute atomic E-state index is 0. The molecule has 0 aromatic rings. The molecule has 1 aliphatic heterocycles. The van der Waals surface area contributed by atoms with Crippen LogP contribution in [0.4, 0.5) is 0 Å². The van der Waals surface area contributed by atoms with E-state index in [0.717, 1.165) is 6.04 Å². The number of hydrogen-bond acceptors (Lipinski definition) is 1. The van der Waals surface area contributed by atoms with Gasteiger partial charge in [0.25, 0.3) is 0 Å². The van der Waals surface area contributed by atoms with Gasteiger partial charge in [-0.05, 0) is 5.41 Å². The van der Waals surface area contributed by atoms with E-state index in [4.69, 9.17) is 0 Å². The average Bonchev–Trinajstić information content (AvgIpc) is 2.11. The van der Waals surface area contributed by atoms with Crippen LogP contribution in [0.5, 0.6) is 0 Å². The smallest absolute Gasteiger partial charge is 0 e. The second-order valence-electron chi connectivity index (χ2n) is 4.12. The Balaban J connectivity index is 0. The summed E-state index contributed by atoms with van der Waals surface area (Å²) >= 11 is 0. The van der Waals surface area contributed by atoms with Gasteiger partial charge in [-0.2, -0.15) is 12.2 Å². The normalized spacial score (nSPS) is 15.1. The molecule has 0 atom stereocenters. The molecular formula is C12H19LrN-2. The summed E-state index contributed by atoms with van der Waals surface area (Å²) < 4.78 is 0. The van der Waals surface area contributed by atoms with Crippen LogP contribution < -0.4 is 0 Å². The summed E-state index contributed by atoms with van der Waals surface area (Å²) in [6, 6.07) is 1.06. The average molecular weight is 439 g/mol. The second-order valence-corrected chi connectivity index (χ2v) is 4.12. The molecular weight excluding hydrogens is 420 g/mol. The van der Waals surface area contributed by atoms with Gasteiger partial charge < -0.3 is 12.4 Å². The molecule has 0 amide bonds. The Hall–Kier alpha value is -1.98. The van der Waals surface area contributed by atoms with Crippen LogP contribution in [0, 0.1) is 18.9 Å². The van der Waals surface area contributed by atoms with Crippen LogP contribution >= 0.6 is 0 Å². The van der Waals surface area contributed by atoms with Gasteiger partial charge in [0.2, 0.25) is 0 Å². The first-order valence-corrected chi connectivity index (χ1v) is 4.26. The summed E-state index contributed by atoms with van der Waals surface area (Å²) in [6.07, 6.45) is 8.14. The van der Waals surface area contributed by atoms with Crippen molar-refractivity contribution in [3.63, 3.8) is 0 Å². The van der Waals surface area contributed by atoms with Gasteiger partial charge in [-0.3, -0.25) is 0 Å². The number of nitrogens with zero attached hydrogens (tertiary/aromatic N) is 1. The summed E-state index contributed by atoms with van der Waals surface area (Å²) in [5.41, 5.74) is 1.54. The molecule has 1 rings (SSSR count). The fourth-order valence-electron chi connectivity index (χ4n) is 1.04. The summed E-state index contributed by atoms with van der Waals surface area (Å²) in [6.45, 7) is 8.62. The Morgan fingerprint density at radius 1 is 1.29 bits per heavy atom. The van der Waals surface area contributed by atoms with Gasteiger partial charge >= 0.3 is 0 Å². The summed E-state index contributed by atoms with van der Waals surface area (Å²) in [7, 11) is 0. The van der Waals surface area contributed by atoms with Gasteiger partial charge in [0.15, 0.2) is 0 Å². The van der Waals surface area contributed by atoms with Crippen LogP contribution in [0.15, 0.2) is 28.8 Å². The van der Waals surface area contributed by atoms with Crippen LogP contribution in [0.2, 0.25) is 0 Å². The van der Waals surface area contributed by atoms with Crippen molar-refractivity contribution < 1.29 is 0 Å². The fourth-order valence-corrected chi connectivity index (χ4v) is 1.04. The predicted octanol–water partition coefficient (Wildman–Crippen LogP) is 3.60. The van der Waals surface area contributed by atoms with Gasteiger partial charge in [-0.15, -0.1) is 11.6 Å². The molecule has 0 aromatic heterocycles. The number of hydrogen-bond donors (Lipinski definition) is 0. The third-order valence-corrected chi connectivity index (χ3v) is 1.90. The molecule has 0 aromatic carbocycles. The summed E-state index contributed by atoms with van der Waals surface area (Å²) in [5.74, 6) is 0. The van der Waals surface area contributed by atoms with Crippen LogP contribution in [-0.4, -0.2) is 6.21 Å². The first-order valence-electron chi connectivity index (χ1n) is 4.26. The molecule has 1 nitrogen and oxygen atoms in total. The first-order chi connectivity index (χ1) is 5.50. The maximum Gasteiger partial charge on any atom is 0 e. The van der Waals surface area contributed by atoms with Crippen molar-refractivity contribution in [2.24, 2.45) is 10.4 Å². The zero-order valence-electron chi connectivity index (χ0n) is 9.51. The molecule has 0 N–H and O–H groups in total. The van der Waals surface area contributed by atoms with E-state index in [1.165, 1.54) is 5.57 Å². The van der Waals surface area contributed by atoms with Crippen molar-refractivity contribution >= 4 is 6.21 Å². The van der Waals surface area contributed by atoms with Crippen molar-refractivity contribution in [2.45, 2.75) is 27.7 Å². The molecule has 1 radical (unpaired) electrons. The van der Waals surface area contributed by atoms with Crippen LogP contribution in [0.25, 0.3) is 0 Å². The second kappa shape index (κ2) is 4.90. The van der Waals surface area contributed by atoms with Crippen LogP contribution in [0.3, 0.4) is 0 Å². The first kappa shape index (κ1) is 14.5. The largest absolute Gasteiger partial charge is 0.387 e. The predicted molar refractivity (Wildman–Crippen MR) is 60.5 cm³/mol. The maximum absolute atomic E-state index is 4.22. The Kier molecular flexibility index (Phi) is 5.09. The van der Waals surface area contributed by atoms with E-state index in [1.54, 1.807) is 0 Å². The van der Waals surface area contributed by atoms with Crippen LogP contribution in [-0.2, 0) is 0 Å². The number of allylic oxidation sites excluding steroid dienone is 3. The molecule has 0 fully saturated rings. The van der Waals surface area contributed by atoms with E-state index < -0.39 is 0 Å². The quantitative estimate of drug-likeness (QED) is 0.512. The molecule has 0 saturated carbocycles. The minimum atomic E-state index is 0. The van der Waals surface area contributed by atoms with Gasteiger partial charge in [0.05, 0.1) is 0 Å². The van der Waals surface area contributed by atoms with Gasteiger partial charge in [-0.1, -0.05) is 40.0 Å². The Labute approximate surface area is 82.3 Å². The SMILES string of the molecule is C[C-]1C=CC(C(C)(C)C)=CC=N1.[CH3-].[Lr]. The van der Waals surface area contributed by atoms with Crippen LogP contribution in [0.1, 0.15) is 27.7 Å². The molecule has 0 saturated heterocycles. The monoisotopic (exact) mass is 439 g/mol. The van der Waals surface area contributed by atoms with E-state index in [0.29, 0.717) is 0 Å². The van der Waals surface area contributed by atoms with Crippen molar-refractivity contribution in [2.75, 3.05) is 0 Å². The van der Waals surface area contributed by atoms with E-state index in [1.807, 2.05) is 13.1 Å². The maximum atomic E-state index is 4.22. The van der Waals surface area contributed by atoms with E-state index in [-0.39, 0.29) is 12.8 Å². The molecule has 2 heteroatoms. The number of rotatable bonds is 0. The van der Waals surface area contributed by atoms with Crippen molar-refractivity contribution in [3.8, 4) is 0 Å². The third kappa shape index (κ3) is 3.61. The molecule has 0 bridgehead atoms. The van der Waals surface area contributed by atoms with Gasteiger partial charge in [0.1, 0.15) is 0 Å². The van der Waals surface area contributed by atoms with E-state index in [9.17, 15) is 0 Å². The Bertz CT molecular complexity index is 244. The molecule has 1 heterocycles. The molecule has 0 unspecified atom stereocenters. The van der Waals surface area contributed by atoms with E-state index in [2.05, 4.69) is 44.0 Å².